The molecule has 220 valence electrons. The maximum Gasteiger partial charge on any atom is 0.335 e. The second-order valence-electron chi connectivity index (χ2n) is 11.2. The Bertz CT molecular complexity index is 1530. The fourth-order valence-electron chi connectivity index (χ4n) is 4.52. The number of aryl methyl sites for hydroxylation is 2. The SMILES string of the molecule is Cc1cccc(C)c1-c1cc(OCC(CC(C)(C)C)NCc2cncc(Cl)n2)nc(NSc2cccc(C(=O)O)c2)n1. The molecule has 2 aromatic carbocycles. The summed E-state index contributed by atoms with van der Waals surface area (Å²) in [5.74, 6) is -0.207. The molecule has 0 bridgehead atoms. The molecule has 0 aliphatic carbocycles. The second kappa shape index (κ2) is 14.0. The summed E-state index contributed by atoms with van der Waals surface area (Å²) < 4.78 is 9.48. The van der Waals surface area contributed by atoms with Crippen LogP contribution in [-0.4, -0.2) is 43.7 Å². The number of nitrogens with zero attached hydrogens (tertiary/aromatic N) is 4. The van der Waals surface area contributed by atoms with Gasteiger partial charge in [0.05, 0.1) is 23.1 Å². The summed E-state index contributed by atoms with van der Waals surface area (Å²) in [6.07, 6.45) is 4.05. The smallest absolute Gasteiger partial charge is 0.335 e. The van der Waals surface area contributed by atoms with Gasteiger partial charge in [-0.1, -0.05) is 56.6 Å². The average molecular weight is 607 g/mol. The fourth-order valence-corrected chi connectivity index (χ4v) is 5.32. The number of ether oxygens (including phenoxy) is 1. The number of carboxylic acids is 1. The van der Waals surface area contributed by atoms with E-state index in [-0.39, 0.29) is 17.0 Å². The zero-order valence-electron chi connectivity index (χ0n) is 24.3. The van der Waals surface area contributed by atoms with Crippen LogP contribution in [0.25, 0.3) is 11.3 Å². The van der Waals surface area contributed by atoms with Crippen molar-refractivity contribution in [3.05, 3.63) is 88.5 Å². The van der Waals surface area contributed by atoms with E-state index in [0.29, 0.717) is 30.1 Å². The quantitative estimate of drug-likeness (QED) is 0.145. The van der Waals surface area contributed by atoms with Gasteiger partial charge in [0.2, 0.25) is 11.8 Å². The molecule has 0 radical (unpaired) electrons. The molecule has 9 nitrogen and oxygen atoms in total. The van der Waals surface area contributed by atoms with Gasteiger partial charge >= 0.3 is 5.97 Å². The Kier molecular flexibility index (Phi) is 10.4. The van der Waals surface area contributed by atoms with Crippen LogP contribution in [0.15, 0.2) is 65.8 Å². The van der Waals surface area contributed by atoms with Crippen LogP contribution in [0, 0.1) is 19.3 Å². The number of benzene rings is 2. The van der Waals surface area contributed by atoms with Gasteiger partial charge in [-0.3, -0.25) is 9.71 Å². The molecule has 0 fully saturated rings. The van der Waals surface area contributed by atoms with Crippen molar-refractivity contribution >= 4 is 35.5 Å². The first-order chi connectivity index (χ1) is 20.0. The van der Waals surface area contributed by atoms with E-state index >= 15 is 0 Å². The Balaban J connectivity index is 1.58. The molecule has 11 heteroatoms. The molecular formula is C31H35ClN6O3S. The molecule has 3 N–H and O–H groups in total. The molecule has 1 unspecified atom stereocenters. The molecule has 4 aromatic rings. The highest BCUT2D eigenvalue weighted by molar-refractivity contribution is 8.00. The lowest BCUT2D eigenvalue weighted by Gasteiger charge is -2.27. The van der Waals surface area contributed by atoms with Gasteiger partial charge in [0.1, 0.15) is 11.8 Å². The van der Waals surface area contributed by atoms with Crippen molar-refractivity contribution in [2.45, 2.75) is 58.5 Å². The van der Waals surface area contributed by atoms with E-state index in [2.05, 4.69) is 45.8 Å². The van der Waals surface area contributed by atoms with E-state index in [1.54, 1.807) is 24.4 Å². The number of hydrogen-bond donors (Lipinski definition) is 3. The molecule has 2 aromatic heterocycles. The summed E-state index contributed by atoms with van der Waals surface area (Å²) in [7, 11) is 0. The third kappa shape index (κ3) is 9.14. The molecule has 0 amide bonds. The first-order valence-electron chi connectivity index (χ1n) is 13.5. The number of aromatic carboxylic acids is 1. The number of carbonyl (C=O) groups is 1. The van der Waals surface area contributed by atoms with Crippen molar-refractivity contribution in [1.82, 2.24) is 25.3 Å². The Morgan fingerprint density at radius 3 is 2.48 bits per heavy atom. The summed E-state index contributed by atoms with van der Waals surface area (Å²) in [5, 5.41) is 13.2. The zero-order valence-corrected chi connectivity index (χ0v) is 25.9. The monoisotopic (exact) mass is 606 g/mol. The van der Waals surface area contributed by atoms with Gasteiger partial charge in [0.25, 0.3) is 0 Å². The summed E-state index contributed by atoms with van der Waals surface area (Å²) in [4.78, 5) is 30.0. The predicted molar refractivity (Wildman–Crippen MR) is 167 cm³/mol. The molecule has 0 saturated carbocycles. The minimum atomic E-state index is -0.984. The molecule has 42 heavy (non-hydrogen) atoms. The van der Waals surface area contributed by atoms with Gasteiger partial charge in [-0.2, -0.15) is 4.98 Å². The van der Waals surface area contributed by atoms with Crippen LogP contribution in [0.2, 0.25) is 5.15 Å². The highest BCUT2D eigenvalue weighted by Crippen LogP contribution is 2.30. The van der Waals surface area contributed by atoms with E-state index < -0.39 is 5.97 Å². The van der Waals surface area contributed by atoms with E-state index in [1.165, 1.54) is 18.1 Å². The number of anilines is 1. The average Bonchev–Trinajstić information content (AvgIpc) is 2.93. The summed E-state index contributed by atoms with van der Waals surface area (Å²) in [6, 6.07) is 14.6. The molecule has 1 atom stereocenters. The fraction of sp³-hybridized carbons (Fsp3) is 0.323. The first kappa shape index (κ1) is 31.2. The Morgan fingerprint density at radius 2 is 1.79 bits per heavy atom. The second-order valence-corrected chi connectivity index (χ2v) is 12.5. The van der Waals surface area contributed by atoms with Crippen LogP contribution >= 0.6 is 23.5 Å². The molecular weight excluding hydrogens is 572 g/mol. The highest BCUT2D eigenvalue weighted by atomic mass is 35.5. The van der Waals surface area contributed by atoms with E-state index in [0.717, 1.165) is 39.4 Å². The summed E-state index contributed by atoms with van der Waals surface area (Å²) >= 11 is 7.26. The van der Waals surface area contributed by atoms with Gasteiger partial charge < -0.3 is 15.2 Å². The van der Waals surface area contributed by atoms with E-state index in [1.807, 2.05) is 44.2 Å². The largest absolute Gasteiger partial charge is 0.478 e. The van der Waals surface area contributed by atoms with Crippen molar-refractivity contribution in [2.75, 3.05) is 11.3 Å². The topological polar surface area (TPSA) is 122 Å². The number of carboxylic acid groups (broad SMARTS) is 1. The predicted octanol–water partition coefficient (Wildman–Crippen LogP) is 6.99. The lowest BCUT2D eigenvalue weighted by Crippen LogP contribution is -2.37. The number of hydrogen-bond acceptors (Lipinski definition) is 9. The van der Waals surface area contributed by atoms with Gasteiger partial charge in [0, 0.05) is 35.3 Å². The van der Waals surface area contributed by atoms with Crippen molar-refractivity contribution in [1.29, 1.82) is 0 Å². The lowest BCUT2D eigenvalue weighted by atomic mass is 9.88. The number of aromatic nitrogens is 4. The van der Waals surface area contributed by atoms with Gasteiger partial charge in [-0.25, -0.2) is 14.8 Å². The van der Waals surface area contributed by atoms with Gasteiger partial charge in [-0.15, -0.1) is 0 Å². The highest BCUT2D eigenvalue weighted by Gasteiger charge is 2.21. The van der Waals surface area contributed by atoms with Gasteiger partial charge in [0.15, 0.2) is 0 Å². The number of nitrogens with one attached hydrogen (secondary N) is 2. The van der Waals surface area contributed by atoms with Gasteiger partial charge in [-0.05, 0) is 67.0 Å². The maximum absolute atomic E-state index is 11.4. The molecule has 0 aliphatic heterocycles. The van der Waals surface area contributed by atoms with E-state index in [9.17, 15) is 9.90 Å². The molecule has 0 spiro atoms. The summed E-state index contributed by atoms with van der Waals surface area (Å²) in [5.41, 5.74) is 4.91. The maximum atomic E-state index is 11.4. The molecule has 0 aliphatic rings. The third-order valence-corrected chi connectivity index (χ3v) is 7.26. The molecule has 4 rings (SSSR count). The zero-order chi connectivity index (χ0) is 30.3. The van der Waals surface area contributed by atoms with E-state index in [4.69, 9.17) is 21.3 Å². The van der Waals surface area contributed by atoms with Crippen molar-refractivity contribution in [3.8, 4) is 17.1 Å². The molecule has 2 heterocycles. The van der Waals surface area contributed by atoms with Crippen LogP contribution in [0.5, 0.6) is 5.88 Å². The Labute approximate surface area is 255 Å². The third-order valence-electron chi connectivity index (χ3n) is 6.30. The van der Waals surface area contributed by atoms with Crippen LogP contribution < -0.4 is 14.8 Å². The van der Waals surface area contributed by atoms with Crippen molar-refractivity contribution in [3.63, 3.8) is 0 Å². The number of halogens is 1. The van der Waals surface area contributed by atoms with Crippen molar-refractivity contribution < 1.29 is 14.6 Å². The lowest BCUT2D eigenvalue weighted by molar-refractivity contribution is 0.0696. The first-order valence-corrected chi connectivity index (χ1v) is 14.7. The Morgan fingerprint density at radius 1 is 1.05 bits per heavy atom. The van der Waals surface area contributed by atoms with Crippen LogP contribution in [0.1, 0.15) is 54.4 Å². The number of rotatable bonds is 12. The van der Waals surface area contributed by atoms with Crippen LogP contribution in [-0.2, 0) is 6.54 Å². The standard InChI is InChI=1S/C31H35ClN6O3S/c1-19-8-6-9-20(2)28(19)25-13-27(37-30(36-25)38-42-24-11-7-10-21(12-24)29(39)40)41-18-22(14-31(3,4)5)34-16-23-15-33-17-26(32)35-23/h6-13,15,17,22,34H,14,16,18H2,1-5H3,(H,39,40)(H,36,37,38). The minimum Gasteiger partial charge on any atom is -0.478 e. The van der Waals surface area contributed by atoms with Crippen LogP contribution in [0.3, 0.4) is 0 Å². The van der Waals surface area contributed by atoms with Crippen LogP contribution in [0.4, 0.5) is 5.95 Å². The minimum absolute atomic E-state index is 0.00561. The normalized spacial score (nSPS) is 12.1. The molecule has 0 saturated heterocycles. The Hall–Kier alpha value is -3.73. The van der Waals surface area contributed by atoms with Crippen molar-refractivity contribution in [2.24, 2.45) is 5.41 Å². The summed E-state index contributed by atoms with van der Waals surface area (Å²) in [6.45, 7) is 11.5.